The Kier molecular flexibility index (Phi) is 4.47. The van der Waals surface area contributed by atoms with Crippen molar-refractivity contribution in [1.82, 2.24) is 5.32 Å². The summed E-state index contributed by atoms with van der Waals surface area (Å²) in [6, 6.07) is 7.84. The standard InChI is InChI=1S/C11H10INO/c1-2-6-13-11(14)8-9-4-3-5-10(12)7-9/h1,3-5,7H,6,8H2,(H,13,14). The number of hydrogen-bond acceptors (Lipinski definition) is 1. The Morgan fingerprint density at radius 1 is 1.57 bits per heavy atom. The van der Waals surface area contributed by atoms with E-state index in [0.717, 1.165) is 9.13 Å². The summed E-state index contributed by atoms with van der Waals surface area (Å²) in [7, 11) is 0. The van der Waals surface area contributed by atoms with Crippen molar-refractivity contribution in [2.24, 2.45) is 0 Å². The fraction of sp³-hybridized carbons (Fsp3) is 0.182. The van der Waals surface area contributed by atoms with Crippen LogP contribution in [0.1, 0.15) is 5.56 Å². The maximum atomic E-state index is 11.3. The summed E-state index contributed by atoms with van der Waals surface area (Å²) in [6.07, 6.45) is 5.42. The number of terminal acetylenes is 1. The number of benzene rings is 1. The molecule has 0 saturated carbocycles. The molecule has 1 aromatic rings. The number of halogens is 1. The molecule has 3 heteroatoms. The monoisotopic (exact) mass is 299 g/mol. The minimum absolute atomic E-state index is 0.0371. The Balaban J connectivity index is 2.53. The van der Waals surface area contributed by atoms with Gasteiger partial charge in [0, 0.05) is 3.57 Å². The summed E-state index contributed by atoms with van der Waals surface area (Å²) in [5.41, 5.74) is 1.01. The lowest BCUT2D eigenvalue weighted by Gasteiger charge is -2.01. The molecule has 0 aromatic heterocycles. The topological polar surface area (TPSA) is 29.1 Å². The van der Waals surface area contributed by atoms with Gasteiger partial charge in [0.25, 0.3) is 0 Å². The highest BCUT2D eigenvalue weighted by molar-refractivity contribution is 14.1. The summed E-state index contributed by atoms with van der Waals surface area (Å²) in [5.74, 6) is 2.33. The maximum absolute atomic E-state index is 11.3. The number of carbonyl (C=O) groups excluding carboxylic acids is 1. The van der Waals surface area contributed by atoms with Crippen LogP contribution in [0.25, 0.3) is 0 Å². The third kappa shape index (κ3) is 3.79. The van der Waals surface area contributed by atoms with Gasteiger partial charge in [-0.1, -0.05) is 18.1 Å². The average molecular weight is 299 g/mol. The zero-order valence-electron chi connectivity index (χ0n) is 7.59. The zero-order valence-corrected chi connectivity index (χ0v) is 9.74. The van der Waals surface area contributed by atoms with E-state index in [4.69, 9.17) is 6.42 Å². The van der Waals surface area contributed by atoms with Gasteiger partial charge in [-0.2, -0.15) is 0 Å². The first-order valence-electron chi connectivity index (χ1n) is 4.17. The third-order valence-electron chi connectivity index (χ3n) is 1.64. The molecule has 0 unspecified atom stereocenters. The number of nitrogens with one attached hydrogen (secondary N) is 1. The van der Waals surface area contributed by atoms with E-state index in [2.05, 4.69) is 33.8 Å². The fourth-order valence-corrected chi connectivity index (χ4v) is 1.65. The van der Waals surface area contributed by atoms with E-state index in [1.54, 1.807) is 0 Å². The SMILES string of the molecule is C#CCNC(=O)Cc1cccc(I)c1. The first-order valence-corrected chi connectivity index (χ1v) is 5.25. The molecule has 0 aliphatic heterocycles. The molecule has 0 spiro atoms. The van der Waals surface area contributed by atoms with Crippen LogP contribution >= 0.6 is 22.6 Å². The molecule has 1 aromatic carbocycles. The zero-order chi connectivity index (χ0) is 10.4. The van der Waals surface area contributed by atoms with E-state index in [0.29, 0.717) is 13.0 Å². The summed E-state index contributed by atoms with van der Waals surface area (Å²) in [5, 5.41) is 2.62. The van der Waals surface area contributed by atoms with Crippen molar-refractivity contribution < 1.29 is 4.79 Å². The molecule has 1 rings (SSSR count). The average Bonchev–Trinajstić information content (AvgIpc) is 2.15. The van der Waals surface area contributed by atoms with Gasteiger partial charge in [-0.15, -0.1) is 6.42 Å². The molecule has 0 fully saturated rings. The predicted octanol–water partition coefficient (Wildman–Crippen LogP) is 1.58. The molecule has 0 radical (unpaired) electrons. The minimum Gasteiger partial charge on any atom is -0.345 e. The van der Waals surface area contributed by atoms with Crippen molar-refractivity contribution in [3.05, 3.63) is 33.4 Å². The van der Waals surface area contributed by atoms with E-state index < -0.39 is 0 Å². The van der Waals surface area contributed by atoms with Gasteiger partial charge in [0.05, 0.1) is 13.0 Å². The van der Waals surface area contributed by atoms with Gasteiger partial charge < -0.3 is 5.32 Å². The van der Waals surface area contributed by atoms with Crippen molar-refractivity contribution in [3.8, 4) is 12.3 Å². The van der Waals surface area contributed by atoms with Crippen LogP contribution in [0.5, 0.6) is 0 Å². The van der Waals surface area contributed by atoms with Gasteiger partial charge in [-0.3, -0.25) is 4.79 Å². The van der Waals surface area contributed by atoms with E-state index in [1.165, 1.54) is 0 Å². The van der Waals surface area contributed by atoms with Crippen LogP contribution in [0.3, 0.4) is 0 Å². The van der Waals surface area contributed by atoms with Gasteiger partial charge in [0.1, 0.15) is 0 Å². The maximum Gasteiger partial charge on any atom is 0.225 e. The molecule has 0 bridgehead atoms. The minimum atomic E-state index is -0.0371. The van der Waals surface area contributed by atoms with Crippen molar-refractivity contribution in [2.75, 3.05) is 6.54 Å². The lowest BCUT2D eigenvalue weighted by Crippen LogP contribution is -2.25. The number of amides is 1. The Labute approximate surface area is 97.2 Å². The second-order valence-electron chi connectivity index (χ2n) is 2.79. The van der Waals surface area contributed by atoms with Gasteiger partial charge >= 0.3 is 0 Å². The molecule has 0 heterocycles. The van der Waals surface area contributed by atoms with Crippen LogP contribution < -0.4 is 5.32 Å². The highest BCUT2D eigenvalue weighted by Gasteiger charge is 2.01. The van der Waals surface area contributed by atoms with Gasteiger partial charge in [0.15, 0.2) is 0 Å². The second-order valence-corrected chi connectivity index (χ2v) is 4.03. The Hall–Kier alpha value is -1.02. The van der Waals surface area contributed by atoms with E-state index in [9.17, 15) is 4.79 Å². The Morgan fingerprint density at radius 2 is 2.36 bits per heavy atom. The summed E-state index contributed by atoms with van der Waals surface area (Å²) < 4.78 is 1.13. The normalized spacial score (nSPS) is 9.14. The molecule has 0 aliphatic carbocycles. The molecular weight excluding hydrogens is 289 g/mol. The molecule has 0 atom stereocenters. The van der Waals surface area contributed by atoms with Crippen molar-refractivity contribution in [2.45, 2.75) is 6.42 Å². The number of hydrogen-bond donors (Lipinski definition) is 1. The lowest BCUT2D eigenvalue weighted by molar-refractivity contribution is -0.120. The van der Waals surface area contributed by atoms with Crippen LogP contribution in [0.15, 0.2) is 24.3 Å². The highest BCUT2D eigenvalue weighted by Crippen LogP contribution is 2.07. The third-order valence-corrected chi connectivity index (χ3v) is 2.31. The molecule has 0 aliphatic rings. The number of carbonyl (C=O) groups is 1. The molecule has 72 valence electrons. The second kappa shape index (κ2) is 5.66. The van der Waals surface area contributed by atoms with Gasteiger partial charge in [-0.25, -0.2) is 0 Å². The first kappa shape index (κ1) is 11.1. The van der Waals surface area contributed by atoms with Crippen LogP contribution in [-0.4, -0.2) is 12.5 Å². The van der Waals surface area contributed by atoms with E-state index in [-0.39, 0.29) is 5.91 Å². The largest absolute Gasteiger partial charge is 0.345 e. The molecule has 2 nitrogen and oxygen atoms in total. The summed E-state index contributed by atoms with van der Waals surface area (Å²) in [6.45, 7) is 0.294. The highest BCUT2D eigenvalue weighted by atomic mass is 127. The lowest BCUT2D eigenvalue weighted by atomic mass is 10.1. The van der Waals surface area contributed by atoms with E-state index in [1.807, 2.05) is 24.3 Å². The first-order chi connectivity index (χ1) is 6.72. The van der Waals surface area contributed by atoms with Crippen molar-refractivity contribution >= 4 is 28.5 Å². The quantitative estimate of drug-likeness (QED) is 0.666. The van der Waals surface area contributed by atoms with Crippen LogP contribution in [0, 0.1) is 15.9 Å². The smallest absolute Gasteiger partial charge is 0.225 e. The molecule has 14 heavy (non-hydrogen) atoms. The van der Waals surface area contributed by atoms with E-state index >= 15 is 0 Å². The van der Waals surface area contributed by atoms with Gasteiger partial charge in [0.2, 0.25) is 5.91 Å². The molecule has 0 saturated heterocycles. The Morgan fingerprint density at radius 3 is 3.00 bits per heavy atom. The molecular formula is C11H10INO. The fourth-order valence-electron chi connectivity index (χ4n) is 1.04. The van der Waals surface area contributed by atoms with Crippen molar-refractivity contribution in [1.29, 1.82) is 0 Å². The van der Waals surface area contributed by atoms with Gasteiger partial charge in [-0.05, 0) is 40.3 Å². The van der Waals surface area contributed by atoms with Crippen LogP contribution in [0.2, 0.25) is 0 Å². The summed E-state index contributed by atoms with van der Waals surface area (Å²) >= 11 is 2.22. The predicted molar refractivity (Wildman–Crippen MR) is 64.7 cm³/mol. The Bertz CT molecular complexity index is 368. The van der Waals surface area contributed by atoms with Crippen LogP contribution in [-0.2, 0) is 11.2 Å². The summed E-state index contributed by atoms with van der Waals surface area (Å²) in [4.78, 5) is 11.3. The number of rotatable bonds is 3. The van der Waals surface area contributed by atoms with Crippen molar-refractivity contribution in [3.63, 3.8) is 0 Å². The molecule has 1 N–H and O–H groups in total. The molecule has 1 amide bonds. The van der Waals surface area contributed by atoms with Crippen LogP contribution in [0.4, 0.5) is 0 Å².